The Kier molecular flexibility index (Phi) is 5.56. The Labute approximate surface area is 110 Å². The van der Waals surface area contributed by atoms with Crippen LogP contribution in [0.25, 0.3) is 0 Å². The molecule has 1 aliphatic carbocycles. The van der Waals surface area contributed by atoms with Gasteiger partial charge in [-0.1, -0.05) is 6.42 Å². The monoisotopic (exact) mass is 257 g/mol. The van der Waals surface area contributed by atoms with Crippen LogP contribution in [0.15, 0.2) is 0 Å². The predicted octanol–water partition coefficient (Wildman–Crippen LogP) is -0.0673. The molecule has 18 heavy (non-hydrogen) atoms. The number of aliphatic hydroxyl groups is 1. The number of likely N-dealkylation sites (N-methyl/N-ethyl adjacent to an activating group) is 1. The second kappa shape index (κ2) is 6.50. The van der Waals surface area contributed by atoms with Crippen molar-refractivity contribution in [3.8, 4) is 0 Å². The van der Waals surface area contributed by atoms with E-state index in [1.807, 2.05) is 19.0 Å². The Morgan fingerprint density at radius 1 is 1.50 bits per heavy atom. The van der Waals surface area contributed by atoms with Crippen LogP contribution in [-0.2, 0) is 4.79 Å². The van der Waals surface area contributed by atoms with E-state index in [9.17, 15) is 9.90 Å². The van der Waals surface area contributed by atoms with Gasteiger partial charge in [0.25, 0.3) is 0 Å². The third-order valence-corrected chi connectivity index (χ3v) is 3.39. The topological polar surface area (TPSA) is 78.6 Å². The molecule has 5 nitrogen and oxygen atoms in total. The maximum absolute atomic E-state index is 12.0. The summed E-state index contributed by atoms with van der Waals surface area (Å²) in [6.45, 7) is 2.55. The zero-order chi connectivity index (χ0) is 13.8. The molecule has 1 fully saturated rings. The van der Waals surface area contributed by atoms with Crippen LogP contribution in [0, 0.1) is 5.92 Å². The van der Waals surface area contributed by atoms with E-state index in [-0.39, 0.29) is 24.4 Å². The lowest BCUT2D eigenvalue weighted by atomic mass is 9.85. The quantitative estimate of drug-likeness (QED) is 0.644. The maximum Gasteiger partial charge on any atom is 0.223 e. The summed E-state index contributed by atoms with van der Waals surface area (Å²) < 4.78 is 0. The first-order valence-corrected chi connectivity index (χ1v) is 6.70. The highest BCUT2D eigenvalue weighted by Crippen LogP contribution is 2.23. The van der Waals surface area contributed by atoms with Crippen LogP contribution in [0.5, 0.6) is 0 Å². The molecule has 3 unspecified atom stereocenters. The summed E-state index contributed by atoms with van der Waals surface area (Å²) in [7, 11) is 3.80. The van der Waals surface area contributed by atoms with Gasteiger partial charge in [-0.3, -0.25) is 4.79 Å². The fourth-order valence-corrected chi connectivity index (χ4v) is 2.62. The second-order valence-corrected chi connectivity index (χ2v) is 6.08. The molecule has 0 aliphatic heterocycles. The minimum absolute atomic E-state index is 0.0175. The number of nitrogens with zero attached hydrogens (tertiary/aromatic N) is 1. The number of amides is 1. The molecular formula is C13H27N3O2. The third kappa shape index (κ3) is 5.33. The normalized spacial score (nSPS) is 27.9. The van der Waals surface area contributed by atoms with Gasteiger partial charge in [0.05, 0.1) is 5.60 Å². The van der Waals surface area contributed by atoms with Crippen molar-refractivity contribution in [2.45, 2.75) is 44.2 Å². The standard InChI is InChI=1S/C13H27N3O2/c1-13(18,9-16(2)3)8-15-12(17)10-5-4-6-11(14)7-10/h10-11,18H,4-9,14H2,1-3H3,(H,15,17). The molecule has 1 rings (SSSR count). The van der Waals surface area contributed by atoms with E-state index in [1.165, 1.54) is 0 Å². The molecule has 106 valence electrons. The lowest BCUT2D eigenvalue weighted by Crippen LogP contribution is -2.49. The molecular weight excluding hydrogens is 230 g/mol. The molecule has 0 bridgehead atoms. The predicted molar refractivity (Wildman–Crippen MR) is 72.1 cm³/mol. The average molecular weight is 257 g/mol. The van der Waals surface area contributed by atoms with Crippen LogP contribution in [0.2, 0.25) is 0 Å². The van der Waals surface area contributed by atoms with Crippen molar-refractivity contribution in [1.29, 1.82) is 0 Å². The van der Waals surface area contributed by atoms with Crippen molar-refractivity contribution in [2.24, 2.45) is 11.7 Å². The zero-order valence-corrected chi connectivity index (χ0v) is 11.8. The van der Waals surface area contributed by atoms with Gasteiger partial charge in [-0.25, -0.2) is 0 Å². The van der Waals surface area contributed by atoms with Crippen LogP contribution in [0.3, 0.4) is 0 Å². The highest BCUT2D eigenvalue weighted by molar-refractivity contribution is 5.78. The van der Waals surface area contributed by atoms with E-state index in [0.29, 0.717) is 6.54 Å². The fraction of sp³-hybridized carbons (Fsp3) is 0.923. The van der Waals surface area contributed by atoms with Crippen molar-refractivity contribution in [2.75, 3.05) is 27.2 Å². The van der Waals surface area contributed by atoms with Gasteiger partial charge < -0.3 is 21.1 Å². The summed E-state index contributed by atoms with van der Waals surface area (Å²) in [6, 6.07) is 0.150. The van der Waals surface area contributed by atoms with E-state index in [1.54, 1.807) is 6.92 Å². The highest BCUT2D eigenvalue weighted by atomic mass is 16.3. The number of nitrogens with one attached hydrogen (secondary N) is 1. The molecule has 0 heterocycles. The number of nitrogens with two attached hydrogens (primary N) is 1. The molecule has 1 amide bonds. The summed E-state index contributed by atoms with van der Waals surface area (Å²) in [5.74, 6) is 0.0492. The van der Waals surface area contributed by atoms with Gasteiger partial charge in [0, 0.05) is 25.0 Å². The summed E-state index contributed by atoms with van der Waals surface area (Å²) in [6.07, 6.45) is 3.71. The zero-order valence-electron chi connectivity index (χ0n) is 11.8. The summed E-state index contributed by atoms with van der Waals surface area (Å²) in [5.41, 5.74) is 4.98. The molecule has 0 saturated heterocycles. The number of rotatable bonds is 5. The Hall–Kier alpha value is -0.650. The molecule has 0 aromatic rings. The average Bonchev–Trinajstić information content (AvgIpc) is 2.24. The molecule has 1 aliphatic rings. The van der Waals surface area contributed by atoms with Crippen LogP contribution in [-0.4, -0.2) is 54.7 Å². The van der Waals surface area contributed by atoms with Crippen LogP contribution >= 0.6 is 0 Å². The van der Waals surface area contributed by atoms with Crippen molar-refractivity contribution >= 4 is 5.91 Å². The first kappa shape index (κ1) is 15.4. The Morgan fingerprint density at radius 3 is 2.72 bits per heavy atom. The molecule has 5 heteroatoms. The minimum atomic E-state index is -0.893. The number of carbonyl (C=O) groups is 1. The highest BCUT2D eigenvalue weighted by Gasteiger charge is 2.27. The molecule has 4 N–H and O–H groups in total. The van der Waals surface area contributed by atoms with E-state index in [4.69, 9.17) is 5.73 Å². The summed E-state index contributed by atoms with van der Waals surface area (Å²) in [5, 5.41) is 13.0. The van der Waals surface area contributed by atoms with Crippen molar-refractivity contribution < 1.29 is 9.90 Å². The van der Waals surface area contributed by atoms with Crippen LogP contribution < -0.4 is 11.1 Å². The SMILES string of the molecule is CN(C)CC(C)(O)CNC(=O)C1CCCC(N)C1. The third-order valence-electron chi connectivity index (χ3n) is 3.39. The van der Waals surface area contributed by atoms with Gasteiger partial charge in [0.1, 0.15) is 0 Å². The number of hydrogen-bond acceptors (Lipinski definition) is 4. The van der Waals surface area contributed by atoms with Gasteiger partial charge in [0.2, 0.25) is 5.91 Å². The van der Waals surface area contributed by atoms with Crippen molar-refractivity contribution in [1.82, 2.24) is 10.2 Å². The molecule has 0 aromatic heterocycles. The van der Waals surface area contributed by atoms with E-state index in [2.05, 4.69) is 5.32 Å². The Morgan fingerprint density at radius 2 is 2.17 bits per heavy atom. The lowest BCUT2D eigenvalue weighted by molar-refractivity contribution is -0.127. The first-order chi connectivity index (χ1) is 8.30. The minimum Gasteiger partial charge on any atom is -0.387 e. The molecule has 0 spiro atoms. The van der Waals surface area contributed by atoms with E-state index < -0.39 is 5.60 Å². The lowest BCUT2D eigenvalue weighted by Gasteiger charge is -2.30. The van der Waals surface area contributed by atoms with Crippen LogP contribution in [0.4, 0.5) is 0 Å². The van der Waals surface area contributed by atoms with Gasteiger partial charge >= 0.3 is 0 Å². The van der Waals surface area contributed by atoms with Gasteiger partial charge in [-0.15, -0.1) is 0 Å². The Balaban J connectivity index is 2.36. The Bertz CT molecular complexity index is 279. The van der Waals surface area contributed by atoms with Gasteiger partial charge in [0.15, 0.2) is 0 Å². The fourth-order valence-electron chi connectivity index (χ4n) is 2.62. The molecule has 0 radical (unpaired) electrons. The number of hydrogen-bond donors (Lipinski definition) is 3. The summed E-state index contributed by atoms with van der Waals surface area (Å²) >= 11 is 0. The smallest absolute Gasteiger partial charge is 0.223 e. The van der Waals surface area contributed by atoms with Crippen molar-refractivity contribution in [3.63, 3.8) is 0 Å². The molecule has 1 saturated carbocycles. The maximum atomic E-state index is 12.0. The molecule has 3 atom stereocenters. The van der Waals surface area contributed by atoms with E-state index in [0.717, 1.165) is 25.7 Å². The molecule has 0 aromatic carbocycles. The first-order valence-electron chi connectivity index (χ1n) is 6.70. The number of carbonyl (C=O) groups excluding carboxylic acids is 1. The van der Waals surface area contributed by atoms with Gasteiger partial charge in [-0.05, 0) is 40.3 Å². The largest absolute Gasteiger partial charge is 0.387 e. The van der Waals surface area contributed by atoms with Crippen LogP contribution in [0.1, 0.15) is 32.6 Å². The second-order valence-electron chi connectivity index (χ2n) is 6.08. The van der Waals surface area contributed by atoms with Crippen molar-refractivity contribution in [3.05, 3.63) is 0 Å². The van der Waals surface area contributed by atoms with Gasteiger partial charge in [-0.2, -0.15) is 0 Å². The van der Waals surface area contributed by atoms with E-state index >= 15 is 0 Å². The summed E-state index contributed by atoms with van der Waals surface area (Å²) in [4.78, 5) is 13.9.